The molecule has 1 aromatic rings. The average molecular weight is 262 g/mol. The molecule has 2 rings (SSSR count). The molecule has 1 aliphatic rings. The summed E-state index contributed by atoms with van der Waals surface area (Å²) in [6, 6.07) is 11.4. The van der Waals surface area contributed by atoms with Gasteiger partial charge in [-0.1, -0.05) is 18.2 Å². The van der Waals surface area contributed by atoms with Crippen molar-refractivity contribution < 1.29 is 0 Å². The molecular weight excluding hydrogens is 248 g/mol. The maximum absolute atomic E-state index is 11.1. The molecule has 0 radical (unpaired) electrons. The minimum atomic E-state index is -0.218. The van der Waals surface area contributed by atoms with Crippen molar-refractivity contribution in [3.05, 3.63) is 35.2 Å². The molecule has 1 heterocycles. The van der Waals surface area contributed by atoms with E-state index in [1.807, 2.05) is 42.2 Å². The maximum Gasteiger partial charge on any atom is 0.109 e. The SMILES string of the molecule is CC(N(N=O)c1ccccc1)N1CSCC1C#N. The van der Waals surface area contributed by atoms with E-state index in [2.05, 4.69) is 11.4 Å². The lowest BCUT2D eigenvalue weighted by Gasteiger charge is -2.32. The number of para-hydroxylation sites is 1. The van der Waals surface area contributed by atoms with E-state index in [1.165, 1.54) is 5.01 Å². The number of hydrogen-bond donors (Lipinski definition) is 0. The molecule has 1 aliphatic heterocycles. The third-order valence-corrected chi connectivity index (χ3v) is 4.04. The lowest BCUT2D eigenvalue weighted by Crippen LogP contribution is -2.46. The van der Waals surface area contributed by atoms with Crippen LogP contribution in [-0.4, -0.2) is 28.7 Å². The molecule has 5 nitrogen and oxygen atoms in total. The van der Waals surface area contributed by atoms with Gasteiger partial charge >= 0.3 is 0 Å². The van der Waals surface area contributed by atoms with Crippen LogP contribution in [-0.2, 0) is 0 Å². The number of benzene rings is 1. The standard InChI is InChI=1S/C12H14N4OS/c1-10(15-9-18-8-12(15)7-13)16(14-17)11-5-3-2-4-6-11/h2-6,10,12H,8-9H2,1H3. The van der Waals surface area contributed by atoms with Crippen LogP contribution >= 0.6 is 11.8 Å². The lowest BCUT2D eigenvalue weighted by molar-refractivity contribution is 0.228. The Labute approximate surface area is 110 Å². The fourth-order valence-corrected chi connectivity index (χ4v) is 3.19. The maximum atomic E-state index is 11.1. The highest BCUT2D eigenvalue weighted by molar-refractivity contribution is 7.99. The van der Waals surface area contributed by atoms with Gasteiger partial charge in [-0.3, -0.25) is 4.90 Å². The summed E-state index contributed by atoms with van der Waals surface area (Å²) in [4.78, 5) is 13.0. The molecule has 1 aromatic carbocycles. The van der Waals surface area contributed by atoms with E-state index in [0.29, 0.717) is 0 Å². The quantitative estimate of drug-likeness (QED) is 0.616. The molecule has 6 heteroatoms. The number of nitriles is 1. The van der Waals surface area contributed by atoms with Gasteiger partial charge in [0.1, 0.15) is 12.2 Å². The summed E-state index contributed by atoms with van der Waals surface area (Å²) in [6.45, 7) is 1.89. The Hall–Kier alpha value is -1.58. The molecule has 2 atom stereocenters. The monoisotopic (exact) mass is 262 g/mol. The van der Waals surface area contributed by atoms with Crippen molar-refractivity contribution in [3.8, 4) is 6.07 Å². The van der Waals surface area contributed by atoms with Crippen LogP contribution in [0.25, 0.3) is 0 Å². The Balaban J connectivity index is 2.18. The van der Waals surface area contributed by atoms with Gasteiger partial charge in [0.15, 0.2) is 0 Å². The van der Waals surface area contributed by atoms with E-state index >= 15 is 0 Å². The summed E-state index contributed by atoms with van der Waals surface area (Å²) in [5.41, 5.74) is 0.744. The normalized spacial score (nSPS) is 21.2. The second-order valence-electron chi connectivity index (χ2n) is 4.05. The molecule has 0 N–H and O–H groups in total. The van der Waals surface area contributed by atoms with Crippen molar-refractivity contribution in [2.24, 2.45) is 5.29 Å². The molecule has 1 fully saturated rings. The average Bonchev–Trinajstić information content (AvgIpc) is 2.89. The third kappa shape index (κ3) is 2.47. The largest absolute Gasteiger partial charge is 0.256 e. The second-order valence-corrected chi connectivity index (χ2v) is 5.05. The Bertz CT molecular complexity index is 447. The van der Waals surface area contributed by atoms with E-state index in [4.69, 9.17) is 5.26 Å². The highest BCUT2D eigenvalue weighted by Gasteiger charge is 2.32. The first-order valence-corrected chi connectivity index (χ1v) is 6.84. The molecule has 0 spiro atoms. The second kappa shape index (κ2) is 5.85. The molecule has 0 bridgehead atoms. The predicted molar refractivity (Wildman–Crippen MR) is 72.7 cm³/mol. The molecule has 94 valence electrons. The summed E-state index contributed by atoms with van der Waals surface area (Å²) >= 11 is 1.70. The minimum Gasteiger partial charge on any atom is -0.256 e. The number of rotatable bonds is 4. The number of nitrogens with zero attached hydrogens (tertiary/aromatic N) is 4. The smallest absolute Gasteiger partial charge is 0.109 e. The third-order valence-electron chi connectivity index (χ3n) is 3.01. The number of thioether (sulfide) groups is 1. The van der Waals surface area contributed by atoms with Gasteiger partial charge < -0.3 is 0 Å². The van der Waals surface area contributed by atoms with Gasteiger partial charge in [0, 0.05) is 11.6 Å². The molecule has 1 saturated heterocycles. The first-order valence-electron chi connectivity index (χ1n) is 5.68. The lowest BCUT2D eigenvalue weighted by atomic mass is 10.2. The molecule has 0 aliphatic carbocycles. The summed E-state index contributed by atoms with van der Waals surface area (Å²) in [6.07, 6.45) is -0.218. The van der Waals surface area contributed by atoms with Gasteiger partial charge in [0.25, 0.3) is 0 Å². The minimum absolute atomic E-state index is 0.155. The Morgan fingerprint density at radius 2 is 2.28 bits per heavy atom. The van der Waals surface area contributed by atoms with Gasteiger partial charge in [-0.05, 0) is 19.1 Å². The molecule has 0 aromatic heterocycles. The van der Waals surface area contributed by atoms with Gasteiger partial charge in [0.2, 0.25) is 0 Å². The summed E-state index contributed by atoms with van der Waals surface area (Å²) in [5.74, 6) is 1.53. The zero-order valence-corrected chi connectivity index (χ0v) is 10.9. The van der Waals surface area contributed by atoms with Gasteiger partial charge in [0.05, 0.1) is 17.0 Å². The van der Waals surface area contributed by atoms with Crippen LogP contribution in [0.5, 0.6) is 0 Å². The molecule has 2 unspecified atom stereocenters. The highest BCUT2D eigenvalue weighted by Crippen LogP contribution is 2.27. The van der Waals surface area contributed by atoms with E-state index in [-0.39, 0.29) is 12.2 Å². The van der Waals surface area contributed by atoms with E-state index in [1.54, 1.807) is 11.8 Å². The van der Waals surface area contributed by atoms with E-state index in [0.717, 1.165) is 17.3 Å². The molecule has 0 amide bonds. The van der Waals surface area contributed by atoms with Crippen LogP contribution in [0.3, 0.4) is 0 Å². The van der Waals surface area contributed by atoms with Crippen LogP contribution in [0.4, 0.5) is 5.69 Å². The van der Waals surface area contributed by atoms with Crippen molar-refractivity contribution in [2.75, 3.05) is 16.6 Å². The van der Waals surface area contributed by atoms with Crippen molar-refractivity contribution >= 4 is 17.4 Å². The van der Waals surface area contributed by atoms with Crippen LogP contribution in [0.15, 0.2) is 35.6 Å². The molecular formula is C12H14N4OS. The summed E-state index contributed by atoms with van der Waals surface area (Å²) < 4.78 is 0. The molecule has 18 heavy (non-hydrogen) atoms. The van der Waals surface area contributed by atoms with Crippen molar-refractivity contribution in [3.63, 3.8) is 0 Å². The predicted octanol–water partition coefficient (Wildman–Crippen LogP) is 2.42. The zero-order valence-electron chi connectivity index (χ0n) is 10.1. The number of nitroso groups, excluding NO2 is 1. The topological polar surface area (TPSA) is 59.7 Å². The number of hydrogen-bond acceptors (Lipinski definition) is 5. The van der Waals surface area contributed by atoms with E-state index < -0.39 is 0 Å². The van der Waals surface area contributed by atoms with Crippen molar-refractivity contribution in [1.29, 1.82) is 5.26 Å². The van der Waals surface area contributed by atoms with Crippen molar-refractivity contribution in [2.45, 2.75) is 19.1 Å². The van der Waals surface area contributed by atoms with Gasteiger partial charge in [-0.15, -0.1) is 16.7 Å². The highest BCUT2D eigenvalue weighted by atomic mass is 32.2. The fraction of sp³-hybridized carbons (Fsp3) is 0.417. The van der Waals surface area contributed by atoms with Crippen LogP contribution in [0.1, 0.15) is 6.92 Å². The Kier molecular flexibility index (Phi) is 4.18. The van der Waals surface area contributed by atoms with Gasteiger partial charge in [-0.2, -0.15) is 5.26 Å². The van der Waals surface area contributed by atoms with Gasteiger partial charge in [-0.25, -0.2) is 5.01 Å². The van der Waals surface area contributed by atoms with Crippen LogP contribution < -0.4 is 5.01 Å². The number of anilines is 1. The van der Waals surface area contributed by atoms with Crippen LogP contribution in [0, 0.1) is 16.2 Å². The van der Waals surface area contributed by atoms with Crippen molar-refractivity contribution in [1.82, 2.24) is 4.90 Å². The first-order chi connectivity index (χ1) is 8.77. The van der Waals surface area contributed by atoms with E-state index in [9.17, 15) is 4.91 Å². The Morgan fingerprint density at radius 3 is 2.89 bits per heavy atom. The van der Waals surface area contributed by atoms with Crippen LogP contribution in [0.2, 0.25) is 0 Å². The summed E-state index contributed by atoms with van der Waals surface area (Å²) in [7, 11) is 0. The fourth-order valence-electron chi connectivity index (χ4n) is 1.99. The molecule has 0 saturated carbocycles. The zero-order chi connectivity index (χ0) is 13.0. The summed E-state index contributed by atoms with van der Waals surface area (Å²) in [5, 5.41) is 13.6. The Morgan fingerprint density at radius 1 is 1.56 bits per heavy atom. The first kappa shape index (κ1) is 12.9.